The summed E-state index contributed by atoms with van der Waals surface area (Å²) in [5, 5.41) is 4.63. The molecule has 114 valence electrons. The first kappa shape index (κ1) is 14.9. The van der Waals surface area contributed by atoms with E-state index in [-0.39, 0.29) is 5.91 Å². The summed E-state index contributed by atoms with van der Waals surface area (Å²) in [6.07, 6.45) is 4.73. The van der Waals surface area contributed by atoms with Crippen molar-refractivity contribution >= 4 is 17.5 Å². The van der Waals surface area contributed by atoms with Crippen LogP contribution in [0.5, 0.6) is 0 Å². The number of benzene rings is 1. The summed E-state index contributed by atoms with van der Waals surface area (Å²) >= 11 is 5.99. The van der Waals surface area contributed by atoms with E-state index in [1.165, 1.54) is 18.4 Å². The Bertz CT molecular complexity index is 490. The van der Waals surface area contributed by atoms with Crippen molar-refractivity contribution < 1.29 is 4.79 Å². The first-order chi connectivity index (χ1) is 10.1. The van der Waals surface area contributed by atoms with Crippen LogP contribution in [0, 0.1) is 5.92 Å². The van der Waals surface area contributed by atoms with Crippen LogP contribution >= 0.6 is 11.6 Å². The minimum Gasteiger partial charge on any atom is -0.343 e. The second-order valence-electron chi connectivity index (χ2n) is 6.31. The number of carbonyl (C=O) groups is 1. The van der Waals surface area contributed by atoms with E-state index in [0.717, 1.165) is 36.9 Å². The fourth-order valence-corrected chi connectivity index (χ4v) is 3.35. The zero-order chi connectivity index (χ0) is 14.8. The average molecular weight is 307 g/mol. The van der Waals surface area contributed by atoms with Crippen molar-refractivity contribution in [2.45, 2.75) is 44.7 Å². The summed E-state index contributed by atoms with van der Waals surface area (Å²) in [5.74, 6) is 0.960. The van der Waals surface area contributed by atoms with E-state index in [1.54, 1.807) is 6.92 Å². The van der Waals surface area contributed by atoms with E-state index in [2.05, 4.69) is 17.4 Å². The maximum absolute atomic E-state index is 11.4. The Morgan fingerprint density at radius 3 is 2.33 bits per heavy atom. The van der Waals surface area contributed by atoms with E-state index in [4.69, 9.17) is 11.6 Å². The van der Waals surface area contributed by atoms with Crippen molar-refractivity contribution in [2.75, 3.05) is 13.1 Å². The third-order valence-corrected chi connectivity index (χ3v) is 4.93. The molecule has 1 heterocycles. The van der Waals surface area contributed by atoms with Gasteiger partial charge in [-0.3, -0.25) is 4.79 Å². The van der Waals surface area contributed by atoms with Crippen LogP contribution in [0.4, 0.5) is 0 Å². The molecular formula is C17H23ClN2O. The van der Waals surface area contributed by atoms with Crippen molar-refractivity contribution in [3.8, 4) is 0 Å². The largest absolute Gasteiger partial charge is 0.343 e. The average Bonchev–Trinajstić information content (AvgIpc) is 3.31. The molecule has 1 N–H and O–H groups in total. The highest BCUT2D eigenvalue weighted by Gasteiger charge is 2.34. The summed E-state index contributed by atoms with van der Waals surface area (Å²) in [6, 6.07) is 9.20. The summed E-state index contributed by atoms with van der Waals surface area (Å²) in [4.78, 5) is 13.3. The number of carbonyl (C=O) groups excluding carboxylic acids is 1. The molecule has 1 amide bonds. The van der Waals surface area contributed by atoms with Gasteiger partial charge < -0.3 is 10.2 Å². The van der Waals surface area contributed by atoms with Crippen LogP contribution in [0.2, 0.25) is 5.02 Å². The van der Waals surface area contributed by atoms with Gasteiger partial charge in [-0.2, -0.15) is 0 Å². The minimum atomic E-state index is 0.199. The Hall–Kier alpha value is -1.06. The Kier molecular flexibility index (Phi) is 4.51. The molecule has 21 heavy (non-hydrogen) atoms. The van der Waals surface area contributed by atoms with Crippen molar-refractivity contribution in [1.82, 2.24) is 10.2 Å². The number of nitrogens with one attached hydrogen (secondary N) is 1. The molecule has 3 nitrogen and oxygen atoms in total. The van der Waals surface area contributed by atoms with Gasteiger partial charge in [-0.1, -0.05) is 23.7 Å². The molecule has 0 radical (unpaired) electrons. The fraction of sp³-hybridized carbons (Fsp3) is 0.588. The number of halogens is 1. The molecule has 1 saturated carbocycles. The lowest BCUT2D eigenvalue weighted by Gasteiger charge is -2.34. The van der Waals surface area contributed by atoms with Crippen LogP contribution in [0.3, 0.4) is 0 Å². The fourth-order valence-electron chi connectivity index (χ4n) is 3.22. The summed E-state index contributed by atoms with van der Waals surface area (Å²) in [6.45, 7) is 3.42. The van der Waals surface area contributed by atoms with Crippen molar-refractivity contribution in [1.29, 1.82) is 0 Å². The molecule has 4 heteroatoms. The van der Waals surface area contributed by atoms with Gasteiger partial charge in [-0.05, 0) is 49.3 Å². The van der Waals surface area contributed by atoms with Crippen LogP contribution < -0.4 is 5.32 Å². The summed E-state index contributed by atoms with van der Waals surface area (Å²) in [5.41, 5.74) is 1.34. The van der Waals surface area contributed by atoms with Gasteiger partial charge in [-0.15, -0.1) is 0 Å². The van der Waals surface area contributed by atoms with E-state index >= 15 is 0 Å². The van der Waals surface area contributed by atoms with E-state index in [1.807, 2.05) is 17.0 Å². The molecule has 1 unspecified atom stereocenters. The Morgan fingerprint density at radius 2 is 1.81 bits per heavy atom. The molecule has 0 aromatic heterocycles. The highest BCUT2D eigenvalue weighted by Crippen LogP contribution is 2.41. The van der Waals surface area contributed by atoms with Gasteiger partial charge in [-0.25, -0.2) is 0 Å². The second kappa shape index (κ2) is 6.37. The van der Waals surface area contributed by atoms with Crippen LogP contribution in [0.25, 0.3) is 0 Å². The predicted octanol–water partition coefficient (Wildman–Crippen LogP) is 3.39. The maximum Gasteiger partial charge on any atom is 0.219 e. The molecule has 1 aromatic carbocycles. The van der Waals surface area contributed by atoms with Crippen molar-refractivity contribution in [3.63, 3.8) is 0 Å². The third-order valence-electron chi connectivity index (χ3n) is 4.68. The van der Waals surface area contributed by atoms with Crippen molar-refractivity contribution in [3.05, 3.63) is 34.9 Å². The zero-order valence-electron chi connectivity index (χ0n) is 12.5. The highest BCUT2D eigenvalue weighted by molar-refractivity contribution is 6.30. The Labute approximate surface area is 131 Å². The quantitative estimate of drug-likeness (QED) is 0.925. The van der Waals surface area contributed by atoms with Gasteiger partial charge in [0.25, 0.3) is 0 Å². The number of rotatable bonds is 4. The topological polar surface area (TPSA) is 32.3 Å². The molecule has 3 rings (SSSR count). The van der Waals surface area contributed by atoms with Gasteiger partial charge in [0, 0.05) is 37.1 Å². The van der Waals surface area contributed by atoms with Gasteiger partial charge in [0.05, 0.1) is 0 Å². The number of piperidine rings is 1. The second-order valence-corrected chi connectivity index (χ2v) is 6.75. The van der Waals surface area contributed by atoms with Gasteiger partial charge in [0.1, 0.15) is 0 Å². The van der Waals surface area contributed by atoms with Crippen LogP contribution in [0.15, 0.2) is 24.3 Å². The molecule has 2 aliphatic rings. The Balaban J connectivity index is 1.61. The van der Waals surface area contributed by atoms with E-state index in [9.17, 15) is 4.79 Å². The van der Waals surface area contributed by atoms with Crippen molar-refractivity contribution in [2.24, 2.45) is 5.92 Å². The lowest BCUT2D eigenvalue weighted by Crippen LogP contribution is -2.45. The smallest absolute Gasteiger partial charge is 0.219 e. The van der Waals surface area contributed by atoms with Crippen LogP contribution in [0.1, 0.15) is 44.2 Å². The predicted molar refractivity (Wildman–Crippen MR) is 85.3 cm³/mol. The molecule has 2 fully saturated rings. The van der Waals surface area contributed by atoms with Gasteiger partial charge >= 0.3 is 0 Å². The summed E-state index contributed by atoms with van der Waals surface area (Å²) < 4.78 is 0. The first-order valence-corrected chi connectivity index (χ1v) is 8.28. The number of hydrogen-bond acceptors (Lipinski definition) is 2. The molecule has 1 aliphatic carbocycles. The normalized spacial score (nSPS) is 21.3. The molecule has 1 saturated heterocycles. The maximum atomic E-state index is 11.4. The number of likely N-dealkylation sites (tertiary alicyclic amines) is 1. The number of nitrogens with zero attached hydrogens (tertiary/aromatic N) is 1. The Morgan fingerprint density at radius 1 is 1.19 bits per heavy atom. The van der Waals surface area contributed by atoms with E-state index < -0.39 is 0 Å². The first-order valence-electron chi connectivity index (χ1n) is 7.90. The van der Waals surface area contributed by atoms with Crippen LogP contribution in [-0.4, -0.2) is 29.9 Å². The summed E-state index contributed by atoms with van der Waals surface area (Å²) in [7, 11) is 0. The molecule has 1 aromatic rings. The highest BCUT2D eigenvalue weighted by atomic mass is 35.5. The molecular weight excluding hydrogens is 284 g/mol. The number of amides is 1. The molecule has 0 spiro atoms. The molecule has 1 atom stereocenters. The van der Waals surface area contributed by atoms with E-state index in [0.29, 0.717) is 12.1 Å². The number of hydrogen-bond donors (Lipinski definition) is 1. The third kappa shape index (κ3) is 3.78. The SMILES string of the molecule is CC(=O)N1CCC(NC(c2ccc(Cl)cc2)C2CC2)CC1. The zero-order valence-corrected chi connectivity index (χ0v) is 13.3. The molecule has 1 aliphatic heterocycles. The lowest BCUT2D eigenvalue weighted by molar-refractivity contribution is -0.129. The molecule has 0 bridgehead atoms. The standard InChI is InChI=1S/C17H23ClN2O/c1-12(21)20-10-8-16(9-11-20)19-17(13-2-3-13)14-4-6-15(18)7-5-14/h4-7,13,16-17,19H,2-3,8-11H2,1H3. The minimum absolute atomic E-state index is 0.199. The van der Waals surface area contributed by atoms with Gasteiger partial charge in [0.15, 0.2) is 0 Å². The van der Waals surface area contributed by atoms with Gasteiger partial charge in [0.2, 0.25) is 5.91 Å². The monoisotopic (exact) mass is 306 g/mol. The van der Waals surface area contributed by atoms with Crippen LogP contribution in [-0.2, 0) is 4.79 Å². The lowest BCUT2D eigenvalue weighted by atomic mass is 9.98.